The molecule has 1 aromatic carbocycles. The molecule has 1 heterocycles. The fourth-order valence-electron chi connectivity index (χ4n) is 2.23. The van der Waals surface area contributed by atoms with Gasteiger partial charge in [-0.3, -0.25) is 4.79 Å². The van der Waals surface area contributed by atoms with Gasteiger partial charge in [-0.25, -0.2) is 4.68 Å². The van der Waals surface area contributed by atoms with Crippen LogP contribution in [-0.2, 0) is 12.6 Å². The van der Waals surface area contributed by atoms with Crippen LogP contribution < -0.4 is 5.56 Å². The maximum absolute atomic E-state index is 12.1. The first kappa shape index (κ1) is 15.4. The van der Waals surface area contributed by atoms with Crippen molar-refractivity contribution < 1.29 is 5.11 Å². The fourth-order valence-corrected chi connectivity index (χ4v) is 2.23. The van der Waals surface area contributed by atoms with Gasteiger partial charge in [-0.05, 0) is 31.4 Å². The summed E-state index contributed by atoms with van der Waals surface area (Å²) in [5.41, 5.74) is 1.76. The van der Waals surface area contributed by atoms with Crippen LogP contribution in [0.5, 0.6) is 0 Å². The molecule has 0 fully saturated rings. The van der Waals surface area contributed by atoms with Crippen LogP contribution in [0.15, 0.2) is 35.1 Å². The summed E-state index contributed by atoms with van der Waals surface area (Å²) in [5, 5.41) is 14.4. The van der Waals surface area contributed by atoms with Crippen molar-refractivity contribution >= 4 is 0 Å². The van der Waals surface area contributed by atoms with Gasteiger partial charge in [-0.15, -0.1) is 0 Å². The first-order valence-corrected chi connectivity index (χ1v) is 7.11. The van der Waals surface area contributed by atoms with E-state index >= 15 is 0 Å². The normalized spacial score (nSPS) is 12.0. The molecule has 0 radical (unpaired) electrons. The third-order valence-electron chi connectivity index (χ3n) is 3.60. The zero-order valence-electron chi connectivity index (χ0n) is 13.2. The first-order valence-electron chi connectivity index (χ1n) is 7.11. The van der Waals surface area contributed by atoms with Crippen molar-refractivity contribution in [1.29, 1.82) is 0 Å². The van der Waals surface area contributed by atoms with E-state index in [0.29, 0.717) is 17.2 Å². The SMILES string of the molecule is CC(C)c1ccc(-c2cc(C(C)(C)O)c(=O)n(C)n2)cc1. The molecule has 0 bridgehead atoms. The number of aryl methyl sites for hydroxylation is 1. The van der Waals surface area contributed by atoms with Gasteiger partial charge < -0.3 is 5.11 Å². The summed E-state index contributed by atoms with van der Waals surface area (Å²) >= 11 is 0. The van der Waals surface area contributed by atoms with E-state index in [1.807, 2.05) is 12.1 Å². The summed E-state index contributed by atoms with van der Waals surface area (Å²) in [6, 6.07) is 9.80. The molecule has 0 aliphatic heterocycles. The van der Waals surface area contributed by atoms with Crippen LogP contribution in [0, 0.1) is 0 Å². The van der Waals surface area contributed by atoms with Crippen molar-refractivity contribution in [3.05, 3.63) is 51.8 Å². The van der Waals surface area contributed by atoms with Gasteiger partial charge >= 0.3 is 0 Å². The molecule has 0 aliphatic carbocycles. The number of aromatic nitrogens is 2. The molecule has 112 valence electrons. The fraction of sp³-hybridized carbons (Fsp3) is 0.412. The molecule has 0 unspecified atom stereocenters. The van der Waals surface area contributed by atoms with Gasteiger partial charge in [-0.2, -0.15) is 5.10 Å². The maximum atomic E-state index is 12.1. The average molecular weight is 286 g/mol. The van der Waals surface area contributed by atoms with Gasteiger partial charge in [0.15, 0.2) is 0 Å². The Morgan fingerprint density at radius 2 is 1.76 bits per heavy atom. The highest BCUT2D eigenvalue weighted by molar-refractivity contribution is 5.60. The molecule has 21 heavy (non-hydrogen) atoms. The minimum atomic E-state index is -1.19. The monoisotopic (exact) mass is 286 g/mol. The zero-order valence-corrected chi connectivity index (χ0v) is 13.2. The van der Waals surface area contributed by atoms with Gasteiger partial charge in [0.1, 0.15) is 0 Å². The van der Waals surface area contributed by atoms with Crippen LogP contribution >= 0.6 is 0 Å². The molecule has 2 rings (SSSR count). The predicted molar refractivity (Wildman–Crippen MR) is 84.2 cm³/mol. The van der Waals surface area contributed by atoms with Crippen molar-refractivity contribution in [1.82, 2.24) is 9.78 Å². The summed E-state index contributed by atoms with van der Waals surface area (Å²) in [4.78, 5) is 12.1. The van der Waals surface area contributed by atoms with Gasteiger partial charge in [-0.1, -0.05) is 38.1 Å². The van der Waals surface area contributed by atoms with Crippen molar-refractivity contribution in [3.8, 4) is 11.3 Å². The van der Waals surface area contributed by atoms with E-state index in [9.17, 15) is 9.90 Å². The van der Waals surface area contributed by atoms with E-state index in [1.54, 1.807) is 27.0 Å². The van der Waals surface area contributed by atoms with Gasteiger partial charge in [0.25, 0.3) is 5.56 Å². The standard InChI is InChI=1S/C17H22N2O2/c1-11(2)12-6-8-13(9-7-12)15-10-14(17(3,4)21)16(20)19(5)18-15/h6-11,21H,1-5H3. The molecule has 2 aromatic rings. The smallest absolute Gasteiger partial charge is 0.272 e. The van der Waals surface area contributed by atoms with Crippen LogP contribution in [0.1, 0.15) is 44.7 Å². The highest BCUT2D eigenvalue weighted by Gasteiger charge is 2.22. The van der Waals surface area contributed by atoms with Gasteiger partial charge in [0.2, 0.25) is 0 Å². The highest BCUT2D eigenvalue weighted by Crippen LogP contribution is 2.23. The lowest BCUT2D eigenvalue weighted by molar-refractivity contribution is 0.0763. The second-order valence-corrected chi connectivity index (χ2v) is 6.21. The number of benzene rings is 1. The Morgan fingerprint density at radius 1 is 1.19 bits per heavy atom. The summed E-state index contributed by atoms with van der Waals surface area (Å²) in [5.74, 6) is 0.471. The molecule has 0 saturated carbocycles. The molecule has 0 spiro atoms. The van der Waals surface area contributed by atoms with E-state index in [-0.39, 0.29) is 5.56 Å². The van der Waals surface area contributed by atoms with Gasteiger partial charge in [0, 0.05) is 12.6 Å². The van der Waals surface area contributed by atoms with E-state index in [0.717, 1.165) is 5.56 Å². The average Bonchev–Trinajstić information content (AvgIpc) is 2.40. The molecule has 4 heteroatoms. The molecular weight excluding hydrogens is 264 g/mol. The van der Waals surface area contributed by atoms with Crippen LogP contribution in [-0.4, -0.2) is 14.9 Å². The second kappa shape index (κ2) is 5.45. The van der Waals surface area contributed by atoms with E-state index in [1.165, 1.54) is 10.2 Å². The zero-order chi connectivity index (χ0) is 15.8. The van der Waals surface area contributed by atoms with Gasteiger partial charge in [0.05, 0.1) is 16.9 Å². The third kappa shape index (κ3) is 3.22. The van der Waals surface area contributed by atoms with Crippen LogP contribution in [0.2, 0.25) is 0 Å². The Kier molecular flexibility index (Phi) is 4.01. The van der Waals surface area contributed by atoms with Crippen molar-refractivity contribution in [2.45, 2.75) is 39.2 Å². The molecule has 4 nitrogen and oxygen atoms in total. The molecule has 1 N–H and O–H groups in total. The predicted octanol–water partition coefficient (Wildman–Crippen LogP) is 2.80. The van der Waals surface area contributed by atoms with Crippen LogP contribution in [0.4, 0.5) is 0 Å². The largest absolute Gasteiger partial charge is 0.386 e. The Hall–Kier alpha value is -1.94. The number of hydrogen-bond donors (Lipinski definition) is 1. The summed E-state index contributed by atoms with van der Waals surface area (Å²) in [6.45, 7) is 7.50. The molecule has 0 amide bonds. The Bertz CT molecular complexity index is 692. The lowest BCUT2D eigenvalue weighted by Crippen LogP contribution is -2.32. The van der Waals surface area contributed by atoms with E-state index in [4.69, 9.17) is 0 Å². The summed E-state index contributed by atoms with van der Waals surface area (Å²) < 4.78 is 1.28. The van der Waals surface area contributed by atoms with Crippen LogP contribution in [0.25, 0.3) is 11.3 Å². The Balaban J connectivity index is 2.54. The molecule has 1 aromatic heterocycles. The minimum absolute atomic E-state index is 0.273. The van der Waals surface area contributed by atoms with Crippen molar-refractivity contribution in [2.24, 2.45) is 7.05 Å². The van der Waals surface area contributed by atoms with Crippen LogP contribution in [0.3, 0.4) is 0 Å². The van der Waals surface area contributed by atoms with Crippen molar-refractivity contribution in [2.75, 3.05) is 0 Å². The van der Waals surface area contributed by atoms with Crippen molar-refractivity contribution in [3.63, 3.8) is 0 Å². The Labute approximate surface area is 125 Å². The summed E-state index contributed by atoms with van der Waals surface area (Å²) in [7, 11) is 1.60. The second-order valence-electron chi connectivity index (χ2n) is 6.21. The molecular formula is C17H22N2O2. The number of hydrogen-bond acceptors (Lipinski definition) is 3. The lowest BCUT2D eigenvalue weighted by atomic mass is 9.97. The number of rotatable bonds is 3. The molecule has 0 aliphatic rings. The summed E-state index contributed by atoms with van der Waals surface area (Å²) in [6.07, 6.45) is 0. The number of aliphatic hydroxyl groups is 1. The third-order valence-corrected chi connectivity index (χ3v) is 3.60. The Morgan fingerprint density at radius 3 is 2.24 bits per heavy atom. The molecule has 0 saturated heterocycles. The molecule has 0 atom stereocenters. The number of nitrogens with zero attached hydrogens (tertiary/aromatic N) is 2. The minimum Gasteiger partial charge on any atom is -0.386 e. The highest BCUT2D eigenvalue weighted by atomic mass is 16.3. The van der Waals surface area contributed by atoms with E-state index < -0.39 is 5.60 Å². The topological polar surface area (TPSA) is 55.1 Å². The first-order chi connectivity index (χ1) is 9.70. The maximum Gasteiger partial charge on any atom is 0.272 e. The quantitative estimate of drug-likeness (QED) is 0.944. The lowest BCUT2D eigenvalue weighted by Gasteiger charge is -2.18. The van der Waals surface area contributed by atoms with E-state index in [2.05, 4.69) is 31.1 Å².